The normalized spacial score (nSPS) is 25.2. The zero-order valence-electron chi connectivity index (χ0n) is 14.1. The number of halogens is 1. The van der Waals surface area contributed by atoms with E-state index in [0.717, 1.165) is 19.4 Å². The number of nitrogens with one attached hydrogen (secondary N) is 1. The fraction of sp³-hybridized carbons (Fsp3) is 0.667. The van der Waals surface area contributed by atoms with Gasteiger partial charge in [0.2, 0.25) is 0 Å². The second kappa shape index (κ2) is 7.78. The van der Waals surface area contributed by atoms with E-state index < -0.39 is 5.60 Å². The Morgan fingerprint density at radius 2 is 2.12 bits per heavy atom. The van der Waals surface area contributed by atoms with Crippen molar-refractivity contribution in [1.29, 1.82) is 0 Å². The van der Waals surface area contributed by atoms with Gasteiger partial charge < -0.3 is 24.6 Å². The predicted molar refractivity (Wildman–Crippen MR) is 87.8 cm³/mol. The summed E-state index contributed by atoms with van der Waals surface area (Å²) >= 11 is 0. The molecule has 1 aromatic carbocycles. The first kappa shape index (κ1) is 17.6. The first-order chi connectivity index (χ1) is 11.6. The first-order valence-electron chi connectivity index (χ1n) is 8.58. The third-order valence-electron chi connectivity index (χ3n) is 5.13. The van der Waals surface area contributed by atoms with Crippen molar-refractivity contribution < 1.29 is 23.7 Å². The van der Waals surface area contributed by atoms with Crippen LogP contribution in [0.2, 0.25) is 0 Å². The Balaban J connectivity index is 1.90. The fourth-order valence-electron chi connectivity index (χ4n) is 3.80. The molecule has 0 bridgehead atoms. The van der Waals surface area contributed by atoms with Gasteiger partial charge in [-0.15, -0.1) is 0 Å². The molecule has 0 radical (unpaired) electrons. The number of hydrogen-bond donors (Lipinski definition) is 2. The summed E-state index contributed by atoms with van der Waals surface area (Å²) in [5.41, 5.74) is -0.418. The van der Waals surface area contributed by atoms with Gasteiger partial charge in [0.25, 0.3) is 0 Å². The van der Waals surface area contributed by atoms with E-state index in [2.05, 4.69) is 5.32 Å². The highest BCUT2D eigenvalue weighted by Gasteiger charge is 2.46. The number of ether oxygens (including phenoxy) is 3. The molecule has 24 heavy (non-hydrogen) atoms. The quantitative estimate of drug-likeness (QED) is 0.852. The predicted octanol–water partition coefficient (Wildman–Crippen LogP) is 1.52. The van der Waals surface area contributed by atoms with Gasteiger partial charge in [0, 0.05) is 32.7 Å². The van der Waals surface area contributed by atoms with Crippen LogP contribution in [-0.4, -0.2) is 56.8 Å². The van der Waals surface area contributed by atoms with Gasteiger partial charge in [-0.2, -0.15) is 0 Å². The maximum Gasteiger partial charge on any atom is 0.123 e. The molecule has 1 aromatic rings. The molecule has 2 fully saturated rings. The summed E-state index contributed by atoms with van der Waals surface area (Å²) in [5, 5.41) is 14.9. The van der Waals surface area contributed by atoms with Gasteiger partial charge in [-0.3, -0.25) is 0 Å². The molecule has 2 saturated heterocycles. The lowest BCUT2D eigenvalue weighted by molar-refractivity contribution is -0.163. The Hall–Kier alpha value is -1.21. The van der Waals surface area contributed by atoms with Crippen molar-refractivity contribution >= 4 is 0 Å². The molecule has 6 heteroatoms. The highest BCUT2D eigenvalue weighted by molar-refractivity contribution is 5.35. The molecule has 3 rings (SSSR count). The average molecular weight is 339 g/mol. The van der Waals surface area contributed by atoms with Crippen LogP contribution in [0.4, 0.5) is 4.39 Å². The van der Waals surface area contributed by atoms with Gasteiger partial charge in [-0.1, -0.05) is 0 Å². The molecule has 2 heterocycles. The molecular weight excluding hydrogens is 313 g/mol. The number of morpholine rings is 1. The summed E-state index contributed by atoms with van der Waals surface area (Å²) in [5.74, 6) is 0.303. The topological polar surface area (TPSA) is 60.0 Å². The van der Waals surface area contributed by atoms with Gasteiger partial charge in [-0.25, -0.2) is 4.39 Å². The van der Waals surface area contributed by atoms with Crippen molar-refractivity contribution in [3.63, 3.8) is 0 Å². The van der Waals surface area contributed by atoms with E-state index in [4.69, 9.17) is 14.2 Å². The summed E-state index contributed by atoms with van der Waals surface area (Å²) in [7, 11) is 1.56. The summed E-state index contributed by atoms with van der Waals surface area (Å²) in [6.45, 7) is 3.20. The van der Waals surface area contributed by atoms with Gasteiger partial charge in [-0.05, 0) is 42.5 Å². The minimum Gasteiger partial charge on any atom is -0.496 e. The molecule has 0 aromatic heterocycles. The molecule has 134 valence electrons. The fourth-order valence-corrected chi connectivity index (χ4v) is 3.80. The Morgan fingerprint density at radius 1 is 1.33 bits per heavy atom. The molecule has 0 saturated carbocycles. The molecule has 2 aliphatic heterocycles. The summed E-state index contributed by atoms with van der Waals surface area (Å²) in [6.07, 6.45) is 1.51. The van der Waals surface area contributed by atoms with Crippen LogP contribution in [0.15, 0.2) is 18.2 Å². The first-order valence-corrected chi connectivity index (χ1v) is 8.58. The van der Waals surface area contributed by atoms with Crippen LogP contribution in [-0.2, 0) is 15.9 Å². The van der Waals surface area contributed by atoms with Crippen LogP contribution in [0.3, 0.4) is 0 Å². The van der Waals surface area contributed by atoms with Crippen LogP contribution < -0.4 is 10.1 Å². The number of benzene rings is 1. The maximum atomic E-state index is 13.7. The summed E-state index contributed by atoms with van der Waals surface area (Å²) in [4.78, 5) is 0. The van der Waals surface area contributed by atoms with Crippen molar-refractivity contribution in [3.8, 4) is 5.75 Å². The second-order valence-corrected chi connectivity index (χ2v) is 6.57. The zero-order chi connectivity index (χ0) is 17.0. The van der Waals surface area contributed by atoms with Crippen molar-refractivity contribution in [2.45, 2.75) is 31.0 Å². The van der Waals surface area contributed by atoms with Crippen molar-refractivity contribution in [3.05, 3.63) is 29.6 Å². The van der Waals surface area contributed by atoms with Gasteiger partial charge in [0.15, 0.2) is 0 Å². The molecule has 5 nitrogen and oxygen atoms in total. The van der Waals surface area contributed by atoms with E-state index in [9.17, 15) is 9.50 Å². The van der Waals surface area contributed by atoms with E-state index in [-0.39, 0.29) is 17.8 Å². The molecule has 0 amide bonds. The number of rotatable bonds is 5. The Morgan fingerprint density at radius 3 is 2.79 bits per heavy atom. The molecular formula is C18H26FNO4. The second-order valence-electron chi connectivity index (χ2n) is 6.57. The highest BCUT2D eigenvalue weighted by Crippen LogP contribution is 2.37. The van der Waals surface area contributed by atoms with E-state index >= 15 is 0 Å². The number of hydrogen-bond acceptors (Lipinski definition) is 5. The Kier molecular flexibility index (Phi) is 5.71. The monoisotopic (exact) mass is 339 g/mol. The molecule has 2 atom stereocenters. The lowest BCUT2D eigenvalue weighted by atomic mass is 9.74. The minimum atomic E-state index is -1.09. The van der Waals surface area contributed by atoms with E-state index in [1.807, 2.05) is 0 Å². The SMILES string of the molecule is COc1ccc(F)cc1CC(O)(C1CCOCC1)[C@@H]1CNCCO1. The van der Waals surface area contributed by atoms with E-state index in [0.29, 0.717) is 44.1 Å². The van der Waals surface area contributed by atoms with Crippen LogP contribution in [0.5, 0.6) is 5.75 Å². The largest absolute Gasteiger partial charge is 0.496 e. The smallest absolute Gasteiger partial charge is 0.123 e. The highest BCUT2D eigenvalue weighted by atomic mass is 19.1. The zero-order valence-corrected chi connectivity index (χ0v) is 14.1. The van der Waals surface area contributed by atoms with Crippen molar-refractivity contribution in [1.82, 2.24) is 5.32 Å². The van der Waals surface area contributed by atoms with Crippen LogP contribution in [0.1, 0.15) is 18.4 Å². The Labute approximate surface area is 142 Å². The lowest BCUT2D eigenvalue weighted by Gasteiger charge is -2.45. The number of aliphatic hydroxyl groups is 1. The van der Waals surface area contributed by atoms with E-state index in [1.54, 1.807) is 13.2 Å². The molecule has 0 spiro atoms. The third-order valence-corrected chi connectivity index (χ3v) is 5.13. The third kappa shape index (κ3) is 3.72. The van der Waals surface area contributed by atoms with Gasteiger partial charge in [0.05, 0.1) is 25.4 Å². The average Bonchev–Trinajstić information content (AvgIpc) is 2.63. The van der Waals surface area contributed by atoms with Crippen LogP contribution >= 0.6 is 0 Å². The molecule has 2 N–H and O–H groups in total. The Bertz CT molecular complexity index is 524. The van der Waals surface area contributed by atoms with Crippen molar-refractivity contribution in [2.24, 2.45) is 5.92 Å². The standard InChI is InChI=1S/C18H26FNO4/c1-22-16-3-2-15(19)10-13(16)11-18(21,14-4-7-23-8-5-14)17-12-20-6-9-24-17/h2-3,10,14,17,20-21H,4-9,11-12H2,1H3/t17-,18?/m0/s1. The summed E-state index contributed by atoms with van der Waals surface area (Å²) in [6, 6.07) is 4.42. The molecule has 0 aliphatic carbocycles. The van der Waals surface area contributed by atoms with Crippen LogP contribution in [0, 0.1) is 11.7 Å². The summed E-state index contributed by atoms with van der Waals surface area (Å²) < 4.78 is 30.4. The van der Waals surface area contributed by atoms with Gasteiger partial charge >= 0.3 is 0 Å². The van der Waals surface area contributed by atoms with Gasteiger partial charge in [0.1, 0.15) is 11.6 Å². The molecule has 2 aliphatic rings. The maximum absolute atomic E-state index is 13.7. The van der Waals surface area contributed by atoms with Crippen LogP contribution in [0.25, 0.3) is 0 Å². The molecule has 1 unspecified atom stereocenters. The number of methoxy groups -OCH3 is 1. The lowest BCUT2D eigenvalue weighted by Crippen LogP contribution is -2.59. The van der Waals surface area contributed by atoms with E-state index in [1.165, 1.54) is 12.1 Å². The van der Waals surface area contributed by atoms with Crippen molar-refractivity contribution in [2.75, 3.05) is 40.0 Å². The minimum absolute atomic E-state index is 0.0455.